The van der Waals surface area contributed by atoms with Gasteiger partial charge in [-0.25, -0.2) is 0 Å². The van der Waals surface area contributed by atoms with E-state index in [1.165, 1.54) is 44.9 Å². The Bertz CT molecular complexity index is 149. The van der Waals surface area contributed by atoms with E-state index in [1.807, 2.05) is 0 Å². The zero-order valence-corrected chi connectivity index (χ0v) is 11.3. The lowest BCUT2D eigenvalue weighted by Crippen LogP contribution is -2.16. The van der Waals surface area contributed by atoms with Gasteiger partial charge in [-0.1, -0.05) is 66.2 Å². The van der Waals surface area contributed by atoms with Crippen molar-refractivity contribution in [1.82, 2.24) is 0 Å². The molecule has 0 unspecified atom stereocenters. The van der Waals surface area contributed by atoms with Crippen LogP contribution in [0.25, 0.3) is 0 Å². The largest absolute Gasteiger partial charge is 0.0628 e. The van der Waals surface area contributed by atoms with Crippen LogP contribution in [0.4, 0.5) is 0 Å². The zero-order valence-electron chi connectivity index (χ0n) is 11.3. The molecule has 0 N–H and O–H groups in total. The average molecular weight is 210 g/mol. The summed E-state index contributed by atoms with van der Waals surface area (Å²) in [6, 6.07) is 0. The molecule has 1 aliphatic rings. The van der Waals surface area contributed by atoms with Gasteiger partial charge >= 0.3 is 0 Å². The highest BCUT2D eigenvalue weighted by molar-refractivity contribution is 4.73. The summed E-state index contributed by atoms with van der Waals surface area (Å²) in [4.78, 5) is 0. The van der Waals surface area contributed by atoms with Gasteiger partial charge in [-0.05, 0) is 30.1 Å². The highest BCUT2D eigenvalue weighted by Gasteiger charge is 2.21. The van der Waals surface area contributed by atoms with Crippen LogP contribution < -0.4 is 0 Å². The molecule has 0 aliphatic heterocycles. The van der Waals surface area contributed by atoms with Crippen molar-refractivity contribution in [2.45, 2.75) is 72.6 Å². The summed E-state index contributed by atoms with van der Waals surface area (Å²) < 4.78 is 0. The summed E-state index contributed by atoms with van der Waals surface area (Å²) in [6.07, 6.45) is 10.5. The standard InChI is InChI=1S/C15H30/c1-12(2)5-6-14-7-9-15(10-8-14)11-13(3)4/h12-15H,5-11H2,1-4H3. The van der Waals surface area contributed by atoms with Gasteiger partial charge < -0.3 is 0 Å². The maximum absolute atomic E-state index is 2.37. The van der Waals surface area contributed by atoms with E-state index < -0.39 is 0 Å². The Morgan fingerprint density at radius 1 is 0.800 bits per heavy atom. The number of hydrogen-bond acceptors (Lipinski definition) is 0. The molecular weight excluding hydrogens is 180 g/mol. The molecule has 0 aromatic carbocycles. The van der Waals surface area contributed by atoms with Crippen molar-refractivity contribution in [2.24, 2.45) is 23.7 Å². The lowest BCUT2D eigenvalue weighted by atomic mass is 9.76. The molecule has 0 aromatic heterocycles. The second-order valence-electron chi connectivity index (χ2n) is 6.49. The first-order valence-electron chi connectivity index (χ1n) is 7.08. The summed E-state index contributed by atoms with van der Waals surface area (Å²) >= 11 is 0. The Labute approximate surface area is 96.8 Å². The lowest BCUT2D eigenvalue weighted by Gasteiger charge is -2.29. The van der Waals surface area contributed by atoms with Gasteiger partial charge in [-0.2, -0.15) is 0 Å². The predicted octanol–water partition coefficient (Wildman–Crippen LogP) is 5.28. The van der Waals surface area contributed by atoms with Crippen molar-refractivity contribution in [3.05, 3.63) is 0 Å². The van der Waals surface area contributed by atoms with Gasteiger partial charge in [0.15, 0.2) is 0 Å². The molecule has 0 atom stereocenters. The molecule has 0 amide bonds. The minimum Gasteiger partial charge on any atom is -0.0628 e. The Balaban J connectivity index is 2.12. The van der Waals surface area contributed by atoms with E-state index in [1.54, 1.807) is 0 Å². The average Bonchev–Trinajstić information content (AvgIpc) is 2.16. The quantitative estimate of drug-likeness (QED) is 0.579. The van der Waals surface area contributed by atoms with Crippen LogP contribution in [0.15, 0.2) is 0 Å². The Hall–Kier alpha value is 0. The lowest BCUT2D eigenvalue weighted by molar-refractivity contribution is 0.229. The third-order valence-corrected chi connectivity index (χ3v) is 3.92. The summed E-state index contributed by atoms with van der Waals surface area (Å²) in [6.45, 7) is 9.44. The molecule has 1 fully saturated rings. The second kappa shape index (κ2) is 6.55. The molecule has 15 heavy (non-hydrogen) atoms. The molecule has 0 spiro atoms. The summed E-state index contributed by atoms with van der Waals surface area (Å²) in [5.41, 5.74) is 0. The van der Waals surface area contributed by atoms with Crippen molar-refractivity contribution in [3.63, 3.8) is 0 Å². The molecule has 0 heteroatoms. The fraction of sp³-hybridized carbons (Fsp3) is 1.00. The van der Waals surface area contributed by atoms with Gasteiger partial charge in [0.25, 0.3) is 0 Å². The SMILES string of the molecule is CC(C)CCC1CCC(CC(C)C)CC1. The summed E-state index contributed by atoms with van der Waals surface area (Å²) in [5.74, 6) is 3.93. The molecule has 1 saturated carbocycles. The Kier molecular flexibility index (Phi) is 5.71. The van der Waals surface area contributed by atoms with Gasteiger partial charge in [0.2, 0.25) is 0 Å². The third-order valence-electron chi connectivity index (χ3n) is 3.92. The van der Waals surface area contributed by atoms with Crippen molar-refractivity contribution >= 4 is 0 Å². The van der Waals surface area contributed by atoms with Crippen molar-refractivity contribution in [1.29, 1.82) is 0 Å². The van der Waals surface area contributed by atoms with Crippen LogP contribution in [-0.2, 0) is 0 Å². The highest BCUT2D eigenvalue weighted by Crippen LogP contribution is 2.35. The zero-order chi connectivity index (χ0) is 11.3. The van der Waals surface area contributed by atoms with Gasteiger partial charge in [0.05, 0.1) is 0 Å². The number of hydrogen-bond donors (Lipinski definition) is 0. The first-order chi connectivity index (χ1) is 7.08. The van der Waals surface area contributed by atoms with Gasteiger partial charge in [0, 0.05) is 0 Å². The normalized spacial score (nSPS) is 27.6. The van der Waals surface area contributed by atoms with E-state index in [4.69, 9.17) is 0 Å². The van der Waals surface area contributed by atoms with Crippen LogP contribution in [0.5, 0.6) is 0 Å². The molecular formula is C15H30. The minimum atomic E-state index is 0.901. The first kappa shape index (κ1) is 13.1. The molecule has 90 valence electrons. The molecule has 0 nitrogen and oxygen atoms in total. The molecule has 1 aliphatic carbocycles. The van der Waals surface area contributed by atoms with Crippen LogP contribution in [-0.4, -0.2) is 0 Å². The maximum atomic E-state index is 2.37. The van der Waals surface area contributed by atoms with Gasteiger partial charge in [-0.15, -0.1) is 0 Å². The van der Waals surface area contributed by atoms with Crippen LogP contribution in [0.3, 0.4) is 0 Å². The predicted molar refractivity (Wildman–Crippen MR) is 69.0 cm³/mol. The fourth-order valence-corrected chi connectivity index (χ4v) is 2.99. The van der Waals surface area contributed by atoms with Crippen LogP contribution in [0, 0.1) is 23.7 Å². The topological polar surface area (TPSA) is 0 Å². The molecule has 0 heterocycles. The number of rotatable bonds is 5. The minimum absolute atomic E-state index is 0.901. The maximum Gasteiger partial charge on any atom is -0.0412 e. The summed E-state index contributed by atoms with van der Waals surface area (Å²) in [5, 5.41) is 0. The molecule has 1 rings (SSSR count). The van der Waals surface area contributed by atoms with E-state index in [-0.39, 0.29) is 0 Å². The van der Waals surface area contributed by atoms with Crippen molar-refractivity contribution in [2.75, 3.05) is 0 Å². The monoisotopic (exact) mass is 210 g/mol. The van der Waals surface area contributed by atoms with E-state index >= 15 is 0 Å². The third kappa shape index (κ3) is 5.58. The molecule has 0 aromatic rings. The van der Waals surface area contributed by atoms with Gasteiger partial charge in [-0.3, -0.25) is 0 Å². The van der Waals surface area contributed by atoms with E-state index in [0.29, 0.717) is 0 Å². The van der Waals surface area contributed by atoms with Crippen molar-refractivity contribution < 1.29 is 0 Å². The fourth-order valence-electron chi connectivity index (χ4n) is 2.99. The van der Waals surface area contributed by atoms with Crippen molar-refractivity contribution in [3.8, 4) is 0 Å². The Morgan fingerprint density at radius 3 is 1.80 bits per heavy atom. The summed E-state index contributed by atoms with van der Waals surface area (Å²) in [7, 11) is 0. The molecule has 0 radical (unpaired) electrons. The highest BCUT2D eigenvalue weighted by atomic mass is 14.3. The van der Waals surface area contributed by atoms with Crippen LogP contribution in [0.1, 0.15) is 72.6 Å². The first-order valence-corrected chi connectivity index (χ1v) is 7.08. The second-order valence-corrected chi connectivity index (χ2v) is 6.49. The molecule has 0 saturated heterocycles. The smallest absolute Gasteiger partial charge is 0.0412 e. The van der Waals surface area contributed by atoms with Crippen LogP contribution in [0.2, 0.25) is 0 Å². The Morgan fingerprint density at radius 2 is 1.33 bits per heavy atom. The van der Waals surface area contributed by atoms with E-state index in [0.717, 1.165) is 23.7 Å². The van der Waals surface area contributed by atoms with Gasteiger partial charge in [0.1, 0.15) is 0 Å². The van der Waals surface area contributed by atoms with E-state index in [9.17, 15) is 0 Å². The molecule has 0 bridgehead atoms. The van der Waals surface area contributed by atoms with E-state index in [2.05, 4.69) is 27.7 Å². The van der Waals surface area contributed by atoms with Crippen LogP contribution >= 0.6 is 0 Å².